The van der Waals surface area contributed by atoms with Crippen LogP contribution in [0.2, 0.25) is 0 Å². The summed E-state index contributed by atoms with van der Waals surface area (Å²) in [6, 6.07) is 0.351. The van der Waals surface area contributed by atoms with Gasteiger partial charge in [-0.15, -0.1) is 0 Å². The van der Waals surface area contributed by atoms with Crippen LogP contribution in [-0.2, 0) is 4.74 Å². The molecule has 5 atom stereocenters. The molecule has 2 aliphatic rings. The quantitative estimate of drug-likeness (QED) is 0.801. The minimum Gasteiger partial charge on any atom is -0.391 e. The van der Waals surface area contributed by atoms with E-state index >= 15 is 0 Å². The first-order valence-electron chi connectivity index (χ1n) is 7.15. The zero-order valence-electron chi connectivity index (χ0n) is 11.4. The Morgan fingerprint density at radius 2 is 2.06 bits per heavy atom. The van der Waals surface area contributed by atoms with E-state index in [0.29, 0.717) is 24.0 Å². The van der Waals surface area contributed by atoms with E-state index in [-0.39, 0.29) is 6.10 Å². The Bertz CT molecular complexity index is 234. The zero-order valence-corrected chi connectivity index (χ0v) is 11.4. The minimum atomic E-state index is -0.149. The third-order valence-corrected chi connectivity index (χ3v) is 4.44. The van der Waals surface area contributed by atoms with E-state index in [9.17, 15) is 5.11 Å². The molecule has 0 aromatic heterocycles. The van der Waals surface area contributed by atoms with Crippen molar-refractivity contribution < 1.29 is 9.84 Å². The first-order valence-corrected chi connectivity index (χ1v) is 7.15. The Morgan fingerprint density at radius 1 is 1.29 bits per heavy atom. The number of ether oxygens (including phenoxy) is 1. The van der Waals surface area contributed by atoms with E-state index < -0.39 is 0 Å². The second kappa shape index (κ2) is 5.68. The Morgan fingerprint density at radius 3 is 2.71 bits per heavy atom. The number of rotatable bonds is 2. The molecule has 2 fully saturated rings. The molecule has 0 aromatic rings. The summed E-state index contributed by atoms with van der Waals surface area (Å²) in [5, 5.41) is 10.3. The van der Waals surface area contributed by atoms with Crippen LogP contribution in [0.5, 0.6) is 0 Å². The SMILES string of the molecule is CCC1CN(C2C(C)CC(C)CC2O)CCO1. The number of aliphatic hydroxyl groups excluding tert-OH is 1. The standard InChI is InChI=1S/C14H27NO2/c1-4-12-9-15(5-6-17-12)14-11(3)7-10(2)8-13(14)16/h10-14,16H,4-9H2,1-3H3. The fourth-order valence-corrected chi connectivity index (χ4v) is 3.66. The molecule has 0 amide bonds. The maximum absolute atomic E-state index is 10.3. The summed E-state index contributed by atoms with van der Waals surface area (Å²) >= 11 is 0. The largest absolute Gasteiger partial charge is 0.391 e. The lowest BCUT2D eigenvalue weighted by Crippen LogP contribution is -2.56. The average molecular weight is 241 g/mol. The van der Waals surface area contributed by atoms with Gasteiger partial charge in [-0.05, 0) is 31.1 Å². The van der Waals surface area contributed by atoms with Crippen LogP contribution >= 0.6 is 0 Å². The number of aliphatic hydroxyl groups is 1. The van der Waals surface area contributed by atoms with Gasteiger partial charge in [0.05, 0.1) is 18.8 Å². The molecular weight excluding hydrogens is 214 g/mol. The van der Waals surface area contributed by atoms with Crippen molar-refractivity contribution in [3.8, 4) is 0 Å². The molecular formula is C14H27NO2. The van der Waals surface area contributed by atoms with Crippen LogP contribution in [0.4, 0.5) is 0 Å². The van der Waals surface area contributed by atoms with Crippen molar-refractivity contribution in [3.63, 3.8) is 0 Å². The Hall–Kier alpha value is -0.120. The third-order valence-electron chi connectivity index (χ3n) is 4.44. The summed E-state index contributed by atoms with van der Waals surface area (Å²) in [5.74, 6) is 1.27. The van der Waals surface area contributed by atoms with Gasteiger partial charge in [-0.25, -0.2) is 0 Å². The van der Waals surface area contributed by atoms with Crippen LogP contribution in [0.3, 0.4) is 0 Å². The summed E-state index contributed by atoms with van der Waals surface area (Å²) in [6.07, 6.45) is 3.50. The van der Waals surface area contributed by atoms with Crippen molar-refractivity contribution in [2.75, 3.05) is 19.7 Å². The first kappa shape index (κ1) is 13.3. The van der Waals surface area contributed by atoms with E-state index in [1.165, 1.54) is 6.42 Å². The normalized spacial score (nSPS) is 44.8. The summed E-state index contributed by atoms with van der Waals surface area (Å²) < 4.78 is 5.72. The molecule has 0 bridgehead atoms. The monoisotopic (exact) mass is 241 g/mol. The smallest absolute Gasteiger partial charge is 0.0700 e. The van der Waals surface area contributed by atoms with E-state index in [1.54, 1.807) is 0 Å². The van der Waals surface area contributed by atoms with E-state index in [0.717, 1.165) is 32.5 Å². The van der Waals surface area contributed by atoms with E-state index in [1.807, 2.05) is 0 Å². The Labute approximate surface area is 105 Å². The molecule has 1 aliphatic heterocycles. The maximum atomic E-state index is 10.3. The Kier molecular flexibility index (Phi) is 4.45. The van der Waals surface area contributed by atoms with Crippen molar-refractivity contribution in [3.05, 3.63) is 0 Å². The molecule has 1 heterocycles. The van der Waals surface area contributed by atoms with E-state index in [4.69, 9.17) is 4.74 Å². The van der Waals surface area contributed by atoms with Gasteiger partial charge in [-0.2, -0.15) is 0 Å². The maximum Gasteiger partial charge on any atom is 0.0700 e. The van der Waals surface area contributed by atoms with Gasteiger partial charge in [0.25, 0.3) is 0 Å². The molecule has 0 radical (unpaired) electrons. The van der Waals surface area contributed by atoms with Crippen molar-refractivity contribution in [1.82, 2.24) is 4.90 Å². The topological polar surface area (TPSA) is 32.7 Å². The van der Waals surface area contributed by atoms with Gasteiger partial charge in [-0.3, -0.25) is 4.90 Å². The lowest BCUT2D eigenvalue weighted by atomic mass is 9.77. The van der Waals surface area contributed by atoms with Crippen LogP contribution < -0.4 is 0 Å². The second-order valence-corrected chi connectivity index (χ2v) is 6.01. The van der Waals surface area contributed by atoms with Crippen molar-refractivity contribution in [2.24, 2.45) is 11.8 Å². The average Bonchev–Trinajstić information content (AvgIpc) is 2.28. The number of nitrogens with zero attached hydrogens (tertiary/aromatic N) is 1. The van der Waals surface area contributed by atoms with Crippen molar-refractivity contribution >= 4 is 0 Å². The lowest BCUT2D eigenvalue weighted by molar-refractivity contribution is -0.0923. The van der Waals surface area contributed by atoms with Gasteiger partial charge < -0.3 is 9.84 Å². The molecule has 5 unspecified atom stereocenters. The molecule has 0 spiro atoms. The fraction of sp³-hybridized carbons (Fsp3) is 1.00. The van der Waals surface area contributed by atoms with Crippen LogP contribution in [0.15, 0.2) is 0 Å². The molecule has 0 aromatic carbocycles. The van der Waals surface area contributed by atoms with Crippen LogP contribution in [0, 0.1) is 11.8 Å². The highest BCUT2D eigenvalue weighted by Crippen LogP contribution is 2.33. The van der Waals surface area contributed by atoms with Gasteiger partial charge in [0.1, 0.15) is 0 Å². The first-order chi connectivity index (χ1) is 8.11. The second-order valence-electron chi connectivity index (χ2n) is 6.01. The highest BCUT2D eigenvalue weighted by Gasteiger charge is 2.38. The minimum absolute atomic E-state index is 0.149. The van der Waals surface area contributed by atoms with Crippen molar-refractivity contribution in [1.29, 1.82) is 0 Å². The fourth-order valence-electron chi connectivity index (χ4n) is 3.66. The van der Waals surface area contributed by atoms with Crippen molar-refractivity contribution in [2.45, 2.75) is 58.3 Å². The lowest BCUT2D eigenvalue weighted by Gasteiger charge is -2.46. The van der Waals surface area contributed by atoms with Crippen LogP contribution in [0.1, 0.15) is 40.0 Å². The number of hydrogen-bond donors (Lipinski definition) is 1. The molecule has 3 heteroatoms. The number of hydrogen-bond acceptors (Lipinski definition) is 3. The van der Waals surface area contributed by atoms with Gasteiger partial charge in [0.15, 0.2) is 0 Å². The molecule has 100 valence electrons. The van der Waals surface area contributed by atoms with Crippen LogP contribution in [-0.4, -0.2) is 48.0 Å². The highest BCUT2D eigenvalue weighted by atomic mass is 16.5. The van der Waals surface area contributed by atoms with Gasteiger partial charge in [0, 0.05) is 19.1 Å². The van der Waals surface area contributed by atoms with Gasteiger partial charge >= 0.3 is 0 Å². The molecule has 3 nitrogen and oxygen atoms in total. The van der Waals surface area contributed by atoms with Gasteiger partial charge in [0.2, 0.25) is 0 Å². The Balaban J connectivity index is 1.99. The molecule has 1 N–H and O–H groups in total. The predicted molar refractivity (Wildman–Crippen MR) is 69.0 cm³/mol. The zero-order chi connectivity index (χ0) is 12.4. The van der Waals surface area contributed by atoms with Gasteiger partial charge in [-0.1, -0.05) is 20.8 Å². The third kappa shape index (κ3) is 3.01. The summed E-state index contributed by atoms with van der Waals surface area (Å²) in [6.45, 7) is 9.53. The molecule has 1 saturated carbocycles. The molecule has 2 rings (SSSR count). The molecule has 1 saturated heterocycles. The number of morpholine rings is 1. The summed E-state index contributed by atoms with van der Waals surface area (Å²) in [7, 11) is 0. The van der Waals surface area contributed by atoms with Crippen LogP contribution in [0.25, 0.3) is 0 Å². The summed E-state index contributed by atoms with van der Waals surface area (Å²) in [4.78, 5) is 2.47. The summed E-state index contributed by atoms with van der Waals surface area (Å²) in [5.41, 5.74) is 0. The molecule has 17 heavy (non-hydrogen) atoms. The molecule has 1 aliphatic carbocycles. The highest BCUT2D eigenvalue weighted by molar-refractivity contribution is 4.91. The predicted octanol–water partition coefficient (Wildman–Crippen LogP) is 1.89. The van der Waals surface area contributed by atoms with E-state index in [2.05, 4.69) is 25.7 Å².